The standard InChI is InChI=1S/C14H12N2O/c1-9-3-10(2)5-11(4-9)12-6-13-14(15-7-12)16-8-17-13/h3-8H,1-2H3. The van der Waals surface area contributed by atoms with E-state index < -0.39 is 0 Å². The van der Waals surface area contributed by atoms with Crippen LogP contribution >= 0.6 is 0 Å². The predicted molar refractivity (Wildman–Crippen MR) is 66.7 cm³/mol. The lowest BCUT2D eigenvalue weighted by molar-refractivity contribution is 0.602. The Morgan fingerprint density at radius 2 is 1.65 bits per heavy atom. The number of pyridine rings is 1. The number of oxazole rings is 1. The molecule has 0 aliphatic carbocycles. The Morgan fingerprint density at radius 1 is 0.882 bits per heavy atom. The number of nitrogens with zero attached hydrogens (tertiary/aromatic N) is 2. The average Bonchev–Trinajstić information content (AvgIpc) is 2.74. The minimum atomic E-state index is 0.651. The normalized spacial score (nSPS) is 10.9. The van der Waals surface area contributed by atoms with Crippen LogP contribution in [0.3, 0.4) is 0 Å². The molecule has 1 aromatic carbocycles. The fourth-order valence-corrected chi connectivity index (χ4v) is 2.05. The highest BCUT2D eigenvalue weighted by atomic mass is 16.3. The molecule has 3 aromatic rings. The summed E-state index contributed by atoms with van der Waals surface area (Å²) in [4.78, 5) is 8.28. The molecule has 0 saturated carbocycles. The van der Waals surface area contributed by atoms with Crippen molar-refractivity contribution in [2.45, 2.75) is 13.8 Å². The van der Waals surface area contributed by atoms with E-state index in [4.69, 9.17) is 4.42 Å². The van der Waals surface area contributed by atoms with Gasteiger partial charge in [0.15, 0.2) is 17.6 Å². The highest BCUT2D eigenvalue weighted by molar-refractivity contribution is 5.76. The van der Waals surface area contributed by atoms with Gasteiger partial charge in [0.25, 0.3) is 0 Å². The molecule has 84 valence electrons. The van der Waals surface area contributed by atoms with Gasteiger partial charge in [-0.15, -0.1) is 0 Å². The monoisotopic (exact) mass is 224 g/mol. The summed E-state index contributed by atoms with van der Waals surface area (Å²) in [6, 6.07) is 8.42. The predicted octanol–water partition coefficient (Wildman–Crippen LogP) is 3.51. The zero-order valence-corrected chi connectivity index (χ0v) is 9.77. The molecule has 0 spiro atoms. The van der Waals surface area contributed by atoms with Gasteiger partial charge in [-0.1, -0.05) is 29.3 Å². The van der Waals surface area contributed by atoms with Crippen molar-refractivity contribution in [3.05, 3.63) is 48.0 Å². The van der Waals surface area contributed by atoms with Crippen molar-refractivity contribution in [2.75, 3.05) is 0 Å². The summed E-state index contributed by atoms with van der Waals surface area (Å²) < 4.78 is 5.27. The van der Waals surface area contributed by atoms with Crippen LogP contribution in [-0.4, -0.2) is 9.97 Å². The molecule has 2 heterocycles. The first-order valence-corrected chi connectivity index (χ1v) is 5.50. The molecule has 0 aliphatic heterocycles. The molecule has 0 bridgehead atoms. The topological polar surface area (TPSA) is 38.9 Å². The maximum atomic E-state index is 5.27. The lowest BCUT2D eigenvalue weighted by Crippen LogP contribution is -1.84. The number of hydrogen-bond acceptors (Lipinski definition) is 3. The lowest BCUT2D eigenvalue weighted by Gasteiger charge is -2.04. The van der Waals surface area contributed by atoms with E-state index in [1.807, 2.05) is 12.3 Å². The number of benzene rings is 1. The van der Waals surface area contributed by atoms with Crippen LogP contribution in [0.15, 0.2) is 41.3 Å². The molecule has 3 heteroatoms. The largest absolute Gasteiger partial charge is 0.442 e. The lowest BCUT2D eigenvalue weighted by atomic mass is 10.0. The van der Waals surface area contributed by atoms with Crippen LogP contribution in [0.4, 0.5) is 0 Å². The van der Waals surface area contributed by atoms with E-state index in [2.05, 4.69) is 42.0 Å². The second-order valence-electron chi connectivity index (χ2n) is 4.27. The maximum absolute atomic E-state index is 5.27. The minimum absolute atomic E-state index is 0.651. The van der Waals surface area contributed by atoms with Crippen LogP contribution in [0.1, 0.15) is 11.1 Å². The third kappa shape index (κ3) is 1.80. The Hall–Kier alpha value is -2.16. The van der Waals surface area contributed by atoms with Crippen molar-refractivity contribution in [2.24, 2.45) is 0 Å². The molecule has 3 nitrogen and oxygen atoms in total. The van der Waals surface area contributed by atoms with Crippen molar-refractivity contribution in [3.8, 4) is 11.1 Å². The molecule has 0 radical (unpaired) electrons. The number of rotatable bonds is 1. The number of hydrogen-bond donors (Lipinski definition) is 0. The highest BCUT2D eigenvalue weighted by Gasteiger charge is 2.04. The molecule has 17 heavy (non-hydrogen) atoms. The van der Waals surface area contributed by atoms with Crippen LogP contribution in [0.5, 0.6) is 0 Å². The molecule has 2 aromatic heterocycles. The van der Waals surface area contributed by atoms with Crippen LogP contribution < -0.4 is 0 Å². The van der Waals surface area contributed by atoms with E-state index >= 15 is 0 Å². The smallest absolute Gasteiger partial charge is 0.198 e. The van der Waals surface area contributed by atoms with Gasteiger partial charge >= 0.3 is 0 Å². The SMILES string of the molecule is Cc1cc(C)cc(-c2cnc3ncoc3c2)c1. The van der Waals surface area contributed by atoms with Crippen LogP contribution in [0.25, 0.3) is 22.4 Å². The molecule has 0 N–H and O–H groups in total. The van der Waals surface area contributed by atoms with Crippen molar-refractivity contribution in [1.29, 1.82) is 0 Å². The fraction of sp³-hybridized carbons (Fsp3) is 0.143. The molecule has 0 atom stereocenters. The Balaban J connectivity index is 2.19. The summed E-state index contributed by atoms with van der Waals surface area (Å²) in [7, 11) is 0. The quantitative estimate of drug-likeness (QED) is 0.635. The molecular weight excluding hydrogens is 212 g/mol. The van der Waals surface area contributed by atoms with Gasteiger partial charge in [0, 0.05) is 11.8 Å². The Morgan fingerprint density at radius 3 is 2.41 bits per heavy atom. The van der Waals surface area contributed by atoms with Gasteiger partial charge in [-0.2, -0.15) is 4.98 Å². The Bertz CT molecular complexity index is 665. The molecule has 0 fully saturated rings. The molecule has 0 aliphatic rings. The highest BCUT2D eigenvalue weighted by Crippen LogP contribution is 2.24. The summed E-state index contributed by atoms with van der Waals surface area (Å²) in [6.07, 6.45) is 3.25. The molecule has 0 amide bonds. The molecule has 0 saturated heterocycles. The Labute approximate surface area is 99.1 Å². The van der Waals surface area contributed by atoms with Gasteiger partial charge in [0.05, 0.1) is 0 Å². The fourth-order valence-electron chi connectivity index (χ4n) is 2.05. The van der Waals surface area contributed by atoms with Crippen molar-refractivity contribution >= 4 is 11.2 Å². The van der Waals surface area contributed by atoms with E-state index in [0.29, 0.717) is 5.65 Å². The summed E-state index contributed by atoms with van der Waals surface area (Å²) in [5.41, 5.74) is 6.09. The van der Waals surface area contributed by atoms with E-state index in [1.54, 1.807) is 0 Å². The van der Waals surface area contributed by atoms with Gasteiger partial charge < -0.3 is 4.42 Å². The van der Waals surface area contributed by atoms with Crippen LogP contribution in [-0.2, 0) is 0 Å². The third-order valence-electron chi connectivity index (χ3n) is 2.74. The number of aryl methyl sites for hydroxylation is 2. The van der Waals surface area contributed by atoms with E-state index in [0.717, 1.165) is 16.7 Å². The summed E-state index contributed by atoms with van der Waals surface area (Å²) >= 11 is 0. The minimum Gasteiger partial charge on any atom is -0.442 e. The number of fused-ring (bicyclic) bond motifs is 1. The van der Waals surface area contributed by atoms with E-state index in [1.165, 1.54) is 17.5 Å². The van der Waals surface area contributed by atoms with Gasteiger partial charge in [-0.05, 0) is 25.5 Å². The summed E-state index contributed by atoms with van der Waals surface area (Å²) in [6.45, 7) is 4.19. The molecule has 0 unspecified atom stereocenters. The second kappa shape index (κ2) is 3.70. The van der Waals surface area contributed by atoms with Crippen molar-refractivity contribution in [3.63, 3.8) is 0 Å². The molecular formula is C14H12N2O. The van der Waals surface area contributed by atoms with Gasteiger partial charge in [-0.25, -0.2) is 4.98 Å². The average molecular weight is 224 g/mol. The van der Waals surface area contributed by atoms with Gasteiger partial charge in [-0.3, -0.25) is 0 Å². The Kier molecular flexibility index (Phi) is 2.18. The van der Waals surface area contributed by atoms with E-state index in [9.17, 15) is 0 Å². The maximum Gasteiger partial charge on any atom is 0.198 e. The summed E-state index contributed by atoms with van der Waals surface area (Å²) in [5, 5.41) is 0. The first-order chi connectivity index (χ1) is 8.22. The summed E-state index contributed by atoms with van der Waals surface area (Å²) in [5.74, 6) is 0. The first-order valence-electron chi connectivity index (χ1n) is 5.50. The first kappa shape index (κ1) is 10.0. The van der Waals surface area contributed by atoms with Crippen LogP contribution in [0, 0.1) is 13.8 Å². The zero-order valence-electron chi connectivity index (χ0n) is 9.77. The van der Waals surface area contributed by atoms with Gasteiger partial charge in [0.2, 0.25) is 0 Å². The van der Waals surface area contributed by atoms with Gasteiger partial charge in [0.1, 0.15) is 0 Å². The van der Waals surface area contributed by atoms with Crippen molar-refractivity contribution in [1.82, 2.24) is 9.97 Å². The zero-order chi connectivity index (χ0) is 11.8. The van der Waals surface area contributed by atoms with E-state index in [-0.39, 0.29) is 0 Å². The third-order valence-corrected chi connectivity index (χ3v) is 2.74. The molecule has 3 rings (SSSR count). The van der Waals surface area contributed by atoms with Crippen molar-refractivity contribution < 1.29 is 4.42 Å². The van der Waals surface area contributed by atoms with Crippen LogP contribution in [0.2, 0.25) is 0 Å². The number of aromatic nitrogens is 2. The second-order valence-corrected chi connectivity index (χ2v) is 4.27.